The fourth-order valence-corrected chi connectivity index (χ4v) is 3.67. The second kappa shape index (κ2) is 5.79. The molecule has 0 aliphatic heterocycles. The van der Waals surface area contributed by atoms with E-state index in [2.05, 4.69) is 17.4 Å². The van der Waals surface area contributed by atoms with Gasteiger partial charge in [0.15, 0.2) is 9.84 Å². The summed E-state index contributed by atoms with van der Waals surface area (Å²) >= 11 is 0. The van der Waals surface area contributed by atoms with Crippen molar-refractivity contribution in [1.29, 1.82) is 0 Å². The summed E-state index contributed by atoms with van der Waals surface area (Å²) < 4.78 is 24.0. The monoisotopic (exact) mass is 309 g/mol. The molecule has 0 aromatic heterocycles. The van der Waals surface area contributed by atoms with E-state index in [0.717, 1.165) is 12.8 Å². The van der Waals surface area contributed by atoms with E-state index in [4.69, 9.17) is 0 Å². The third-order valence-electron chi connectivity index (χ3n) is 4.36. The first-order valence-electron chi connectivity index (χ1n) is 7.35. The molecule has 0 radical (unpaired) electrons. The topological polar surface area (TPSA) is 63.2 Å². The Labute approximate surface area is 126 Å². The molecule has 0 heterocycles. The second-order valence-corrected chi connectivity index (χ2v) is 8.97. The average Bonchev–Trinajstić information content (AvgIpc) is 3.26. The molecule has 2 rings (SSSR count). The first-order chi connectivity index (χ1) is 9.79. The number of sulfone groups is 1. The SMILES string of the molecule is CC(C)S(=O)(=O)C(C)C(=O)NCC1(c2ccccc2)CC1. The van der Waals surface area contributed by atoms with Gasteiger partial charge in [-0.05, 0) is 39.2 Å². The molecular weight excluding hydrogens is 286 g/mol. The zero-order valence-corrected chi connectivity index (χ0v) is 13.6. The lowest BCUT2D eigenvalue weighted by molar-refractivity contribution is -0.120. The zero-order chi connectivity index (χ0) is 15.7. The van der Waals surface area contributed by atoms with Crippen molar-refractivity contribution in [3.05, 3.63) is 35.9 Å². The molecule has 1 aliphatic rings. The molecule has 0 saturated heterocycles. The minimum Gasteiger partial charge on any atom is -0.354 e. The highest BCUT2D eigenvalue weighted by Crippen LogP contribution is 2.47. The third kappa shape index (κ3) is 3.28. The van der Waals surface area contributed by atoms with E-state index in [9.17, 15) is 13.2 Å². The smallest absolute Gasteiger partial charge is 0.238 e. The fourth-order valence-electron chi connectivity index (χ4n) is 2.47. The molecule has 1 fully saturated rings. The fraction of sp³-hybridized carbons (Fsp3) is 0.562. The highest BCUT2D eigenvalue weighted by Gasteiger charge is 2.44. The highest BCUT2D eigenvalue weighted by atomic mass is 32.2. The second-order valence-electron chi connectivity index (χ2n) is 6.14. The molecule has 0 spiro atoms. The molecule has 1 amide bonds. The number of rotatable bonds is 6. The van der Waals surface area contributed by atoms with Gasteiger partial charge in [-0.3, -0.25) is 4.79 Å². The van der Waals surface area contributed by atoms with Gasteiger partial charge in [-0.1, -0.05) is 30.3 Å². The van der Waals surface area contributed by atoms with Crippen LogP contribution in [0.4, 0.5) is 0 Å². The molecular formula is C16H23NO3S. The minimum absolute atomic E-state index is 0.00175. The van der Waals surface area contributed by atoms with Gasteiger partial charge < -0.3 is 5.32 Å². The summed E-state index contributed by atoms with van der Waals surface area (Å²) in [5.41, 5.74) is 1.21. The third-order valence-corrected chi connectivity index (χ3v) is 6.87. The van der Waals surface area contributed by atoms with Crippen molar-refractivity contribution >= 4 is 15.7 Å². The number of hydrogen-bond acceptors (Lipinski definition) is 3. The van der Waals surface area contributed by atoms with E-state index in [-0.39, 0.29) is 5.41 Å². The summed E-state index contributed by atoms with van der Waals surface area (Å²) in [6, 6.07) is 10.1. The summed E-state index contributed by atoms with van der Waals surface area (Å²) in [6.45, 7) is 5.18. The van der Waals surface area contributed by atoms with Crippen LogP contribution in [0.5, 0.6) is 0 Å². The van der Waals surface area contributed by atoms with E-state index < -0.39 is 26.2 Å². The number of amides is 1. The van der Waals surface area contributed by atoms with E-state index in [1.807, 2.05) is 18.2 Å². The molecule has 0 bridgehead atoms. The van der Waals surface area contributed by atoms with Gasteiger partial charge in [0.1, 0.15) is 5.25 Å². The van der Waals surface area contributed by atoms with Crippen molar-refractivity contribution in [2.75, 3.05) is 6.54 Å². The van der Waals surface area contributed by atoms with Crippen molar-refractivity contribution in [3.63, 3.8) is 0 Å². The van der Waals surface area contributed by atoms with E-state index in [1.54, 1.807) is 13.8 Å². The quantitative estimate of drug-likeness (QED) is 0.874. The van der Waals surface area contributed by atoms with Crippen LogP contribution >= 0.6 is 0 Å². The van der Waals surface area contributed by atoms with Gasteiger partial charge >= 0.3 is 0 Å². The average molecular weight is 309 g/mol. The Kier molecular flexibility index (Phi) is 4.42. The number of carbonyl (C=O) groups is 1. The van der Waals surface area contributed by atoms with Crippen LogP contribution in [-0.4, -0.2) is 31.4 Å². The molecule has 1 unspecified atom stereocenters. The van der Waals surface area contributed by atoms with Crippen LogP contribution in [0.25, 0.3) is 0 Å². The van der Waals surface area contributed by atoms with Crippen LogP contribution in [0.3, 0.4) is 0 Å². The van der Waals surface area contributed by atoms with Gasteiger partial charge in [0.2, 0.25) is 5.91 Å². The van der Waals surface area contributed by atoms with Crippen molar-refractivity contribution in [2.24, 2.45) is 0 Å². The molecule has 116 valence electrons. The molecule has 1 aromatic carbocycles. The maximum Gasteiger partial charge on any atom is 0.238 e. The first kappa shape index (κ1) is 16.0. The molecule has 4 nitrogen and oxygen atoms in total. The normalized spacial score (nSPS) is 18.3. The first-order valence-corrected chi connectivity index (χ1v) is 8.96. The summed E-state index contributed by atoms with van der Waals surface area (Å²) in [5.74, 6) is -0.397. The van der Waals surface area contributed by atoms with Gasteiger partial charge in [-0.15, -0.1) is 0 Å². The predicted octanol–water partition coefficient (Wildman–Crippen LogP) is 2.05. The lowest BCUT2D eigenvalue weighted by Crippen LogP contribution is -2.43. The zero-order valence-electron chi connectivity index (χ0n) is 12.8. The predicted molar refractivity (Wildman–Crippen MR) is 83.9 cm³/mol. The Morgan fingerprint density at radius 1 is 1.19 bits per heavy atom. The van der Waals surface area contributed by atoms with E-state index >= 15 is 0 Å². The molecule has 1 atom stereocenters. The summed E-state index contributed by atoms with van der Waals surface area (Å²) in [7, 11) is -3.40. The molecule has 1 saturated carbocycles. The Bertz CT molecular complexity index is 604. The standard InChI is InChI=1S/C16H23NO3S/c1-12(2)21(19,20)13(3)15(18)17-11-16(9-10-16)14-7-5-4-6-8-14/h4-8,12-13H,9-11H2,1-3H3,(H,17,18). The van der Waals surface area contributed by atoms with Crippen molar-refractivity contribution < 1.29 is 13.2 Å². The molecule has 1 aliphatic carbocycles. The maximum absolute atomic E-state index is 12.1. The molecule has 1 N–H and O–H groups in total. The van der Waals surface area contributed by atoms with Crippen molar-refractivity contribution in [1.82, 2.24) is 5.32 Å². The number of nitrogens with one attached hydrogen (secondary N) is 1. The van der Waals surface area contributed by atoms with Crippen molar-refractivity contribution in [3.8, 4) is 0 Å². The largest absolute Gasteiger partial charge is 0.354 e. The van der Waals surface area contributed by atoms with Gasteiger partial charge in [0, 0.05) is 12.0 Å². The molecule has 1 aromatic rings. The summed E-state index contributed by atoms with van der Waals surface area (Å²) in [5, 5.41) is 1.29. The van der Waals surface area contributed by atoms with Gasteiger partial charge in [-0.25, -0.2) is 8.42 Å². The Hall–Kier alpha value is -1.36. The maximum atomic E-state index is 12.1. The highest BCUT2D eigenvalue weighted by molar-refractivity contribution is 7.93. The summed E-state index contributed by atoms with van der Waals surface area (Å²) in [4.78, 5) is 12.1. The Morgan fingerprint density at radius 2 is 1.76 bits per heavy atom. The van der Waals surface area contributed by atoms with Gasteiger partial charge in [0.25, 0.3) is 0 Å². The Morgan fingerprint density at radius 3 is 2.24 bits per heavy atom. The van der Waals surface area contributed by atoms with Crippen LogP contribution in [0.2, 0.25) is 0 Å². The van der Waals surface area contributed by atoms with Crippen LogP contribution < -0.4 is 5.32 Å². The van der Waals surface area contributed by atoms with Crippen LogP contribution in [0, 0.1) is 0 Å². The molecule has 21 heavy (non-hydrogen) atoms. The van der Waals surface area contributed by atoms with Crippen molar-refractivity contribution in [2.45, 2.75) is 49.5 Å². The lowest BCUT2D eigenvalue weighted by Gasteiger charge is -2.20. The van der Waals surface area contributed by atoms with E-state index in [1.165, 1.54) is 12.5 Å². The molecule has 5 heteroatoms. The van der Waals surface area contributed by atoms with Gasteiger partial charge in [0.05, 0.1) is 5.25 Å². The van der Waals surface area contributed by atoms with E-state index in [0.29, 0.717) is 6.54 Å². The van der Waals surface area contributed by atoms with Gasteiger partial charge in [-0.2, -0.15) is 0 Å². The van der Waals surface area contributed by atoms with Crippen LogP contribution in [0.1, 0.15) is 39.2 Å². The number of hydrogen-bond donors (Lipinski definition) is 1. The minimum atomic E-state index is -3.40. The van der Waals surface area contributed by atoms with Crippen LogP contribution in [0.15, 0.2) is 30.3 Å². The lowest BCUT2D eigenvalue weighted by atomic mass is 9.96. The van der Waals surface area contributed by atoms with Crippen LogP contribution in [-0.2, 0) is 20.0 Å². The summed E-state index contributed by atoms with van der Waals surface area (Å²) in [6.07, 6.45) is 2.06. The number of carbonyl (C=O) groups excluding carboxylic acids is 1. The number of benzene rings is 1. The Balaban J connectivity index is 1.99.